The summed E-state index contributed by atoms with van der Waals surface area (Å²) in [6, 6.07) is 11.5. The molecule has 2 heterocycles. The molecule has 0 unspecified atom stereocenters. The number of nitrogens with one attached hydrogen (secondary N) is 1. The third kappa shape index (κ3) is 4.75. The fourth-order valence-electron chi connectivity index (χ4n) is 2.68. The van der Waals surface area contributed by atoms with Crippen LogP contribution in [0.2, 0.25) is 5.02 Å². The molecule has 8 nitrogen and oxygen atoms in total. The fraction of sp³-hybridized carbons (Fsp3) is 0.167. The van der Waals surface area contributed by atoms with E-state index in [0.29, 0.717) is 17.1 Å². The number of amides is 1. The number of nitrogens with two attached hydrogens (primary N) is 1. The molecule has 3 N–H and O–H groups in total. The number of anilines is 1. The third-order valence-corrected chi connectivity index (χ3v) is 4.89. The van der Waals surface area contributed by atoms with Gasteiger partial charge in [0.1, 0.15) is 5.69 Å². The molecule has 0 bridgehead atoms. The van der Waals surface area contributed by atoms with Crippen LogP contribution in [0.5, 0.6) is 0 Å². The molecule has 0 aliphatic heterocycles. The Kier molecular flexibility index (Phi) is 5.50. The predicted molar refractivity (Wildman–Crippen MR) is 107 cm³/mol. The zero-order valence-corrected chi connectivity index (χ0v) is 16.8. The van der Waals surface area contributed by atoms with Crippen LogP contribution in [0.25, 0.3) is 5.82 Å². The number of halogens is 1. The number of pyridine rings is 1. The van der Waals surface area contributed by atoms with Crippen molar-refractivity contribution in [2.75, 3.05) is 5.32 Å². The van der Waals surface area contributed by atoms with Crippen LogP contribution in [0.4, 0.5) is 5.69 Å². The van der Waals surface area contributed by atoms with Crippen molar-refractivity contribution >= 4 is 33.2 Å². The third-order valence-electron chi connectivity index (χ3n) is 3.85. The van der Waals surface area contributed by atoms with Crippen molar-refractivity contribution in [2.45, 2.75) is 19.6 Å². The number of rotatable bonds is 5. The van der Waals surface area contributed by atoms with E-state index in [9.17, 15) is 13.2 Å². The summed E-state index contributed by atoms with van der Waals surface area (Å²) >= 11 is 6.15. The van der Waals surface area contributed by atoms with Crippen molar-refractivity contribution in [1.29, 1.82) is 0 Å². The average Bonchev–Trinajstić information content (AvgIpc) is 2.94. The second-order valence-electron chi connectivity index (χ2n) is 6.30. The number of sulfonamides is 1. The summed E-state index contributed by atoms with van der Waals surface area (Å²) in [4.78, 5) is 17.0. The summed E-state index contributed by atoms with van der Waals surface area (Å²) in [6.45, 7) is 3.76. The van der Waals surface area contributed by atoms with Gasteiger partial charge >= 0.3 is 0 Å². The van der Waals surface area contributed by atoms with Gasteiger partial charge in [-0.3, -0.25) is 4.79 Å². The van der Waals surface area contributed by atoms with Gasteiger partial charge in [0.2, 0.25) is 10.0 Å². The fourth-order valence-corrected chi connectivity index (χ4v) is 3.52. The number of aromatic nitrogens is 3. The number of aryl methyl sites for hydroxylation is 2. The maximum Gasteiger partial charge on any atom is 0.275 e. The molecule has 0 atom stereocenters. The number of primary sulfonamides is 1. The quantitative estimate of drug-likeness (QED) is 0.658. The van der Waals surface area contributed by atoms with Gasteiger partial charge in [-0.1, -0.05) is 23.7 Å². The number of carbonyl (C=O) groups excluding carboxylic acids is 1. The largest absolute Gasteiger partial charge is 0.321 e. The minimum atomic E-state index is -3.62. The molecule has 10 heteroatoms. The van der Waals surface area contributed by atoms with Gasteiger partial charge in [-0.25, -0.2) is 23.2 Å². The summed E-state index contributed by atoms with van der Waals surface area (Å²) in [5.74, 6) is -0.296. The Labute approximate surface area is 167 Å². The molecule has 1 aromatic carbocycles. The average molecular weight is 420 g/mol. The van der Waals surface area contributed by atoms with E-state index in [0.717, 1.165) is 11.4 Å². The topological polar surface area (TPSA) is 120 Å². The van der Waals surface area contributed by atoms with Crippen LogP contribution in [0, 0.1) is 13.8 Å². The number of hydrogen-bond donors (Lipinski definition) is 2. The van der Waals surface area contributed by atoms with Crippen LogP contribution in [0.1, 0.15) is 27.4 Å². The molecule has 0 saturated heterocycles. The first-order valence-corrected chi connectivity index (χ1v) is 10.3. The van der Waals surface area contributed by atoms with Crippen LogP contribution in [0.3, 0.4) is 0 Å². The molecule has 0 aliphatic carbocycles. The van der Waals surface area contributed by atoms with Gasteiger partial charge in [0, 0.05) is 11.4 Å². The lowest BCUT2D eigenvalue weighted by molar-refractivity contribution is 0.102. The highest BCUT2D eigenvalue weighted by molar-refractivity contribution is 7.88. The first-order chi connectivity index (χ1) is 13.1. The molecule has 146 valence electrons. The predicted octanol–water partition coefficient (Wildman–Crippen LogP) is 2.58. The molecule has 28 heavy (non-hydrogen) atoms. The normalized spacial score (nSPS) is 11.4. The number of nitrogens with zero attached hydrogens (tertiary/aromatic N) is 3. The lowest BCUT2D eigenvalue weighted by Crippen LogP contribution is -2.16. The van der Waals surface area contributed by atoms with Crippen molar-refractivity contribution in [3.63, 3.8) is 0 Å². The highest BCUT2D eigenvalue weighted by Crippen LogP contribution is 2.20. The van der Waals surface area contributed by atoms with Gasteiger partial charge in [-0.2, -0.15) is 5.10 Å². The van der Waals surface area contributed by atoms with Crippen LogP contribution >= 0.6 is 11.6 Å². The summed E-state index contributed by atoms with van der Waals surface area (Å²) in [5, 5.41) is 12.3. The molecular formula is C18H18ClN5O3S. The second kappa shape index (κ2) is 7.70. The monoisotopic (exact) mass is 419 g/mol. The highest BCUT2D eigenvalue weighted by Gasteiger charge is 2.16. The number of carbonyl (C=O) groups is 1. The van der Waals surface area contributed by atoms with Gasteiger partial charge in [-0.05, 0) is 49.7 Å². The van der Waals surface area contributed by atoms with Crippen LogP contribution < -0.4 is 10.5 Å². The molecule has 3 rings (SSSR count). The molecule has 0 saturated carbocycles. The van der Waals surface area contributed by atoms with Gasteiger partial charge in [-0.15, -0.1) is 0 Å². The van der Waals surface area contributed by atoms with E-state index in [2.05, 4.69) is 15.4 Å². The number of hydrogen-bond acceptors (Lipinski definition) is 5. The summed E-state index contributed by atoms with van der Waals surface area (Å²) in [7, 11) is -3.62. The van der Waals surface area contributed by atoms with Gasteiger partial charge < -0.3 is 5.32 Å². The van der Waals surface area contributed by atoms with Gasteiger partial charge in [0.15, 0.2) is 5.82 Å². The lowest BCUT2D eigenvalue weighted by Gasteiger charge is -2.09. The minimum absolute atomic E-state index is 0.0559. The Hall–Kier alpha value is -2.75. The van der Waals surface area contributed by atoms with Crippen molar-refractivity contribution < 1.29 is 13.2 Å². The maximum atomic E-state index is 12.6. The van der Waals surface area contributed by atoms with E-state index in [1.807, 2.05) is 19.9 Å². The van der Waals surface area contributed by atoms with Crippen molar-refractivity contribution in [1.82, 2.24) is 14.8 Å². The zero-order valence-electron chi connectivity index (χ0n) is 15.2. The van der Waals surface area contributed by atoms with Crippen LogP contribution in [-0.4, -0.2) is 29.1 Å². The van der Waals surface area contributed by atoms with Crippen molar-refractivity contribution in [3.05, 3.63) is 70.1 Å². The molecule has 0 spiro atoms. The maximum absolute atomic E-state index is 12.6. The molecule has 3 aromatic rings. The van der Waals surface area contributed by atoms with E-state index in [-0.39, 0.29) is 16.5 Å². The van der Waals surface area contributed by atoms with E-state index in [1.165, 1.54) is 0 Å². The van der Waals surface area contributed by atoms with E-state index >= 15 is 0 Å². The molecule has 1 amide bonds. The second-order valence-corrected chi connectivity index (χ2v) is 8.32. The number of benzene rings is 1. The van der Waals surface area contributed by atoms with Gasteiger partial charge in [0.25, 0.3) is 5.91 Å². The Morgan fingerprint density at radius 3 is 2.43 bits per heavy atom. The first kappa shape index (κ1) is 20.0. The molecule has 0 aliphatic rings. The summed E-state index contributed by atoms with van der Waals surface area (Å²) in [6.07, 6.45) is 0. The first-order valence-electron chi connectivity index (χ1n) is 8.23. The summed E-state index contributed by atoms with van der Waals surface area (Å²) in [5.41, 5.74) is 2.75. The molecule has 2 aromatic heterocycles. The Balaban J connectivity index is 1.82. The SMILES string of the molecule is Cc1cc(C)n(-c2ccc(Cl)c(C(=O)Nc3ccc(CS(N)(=O)=O)cc3)n2)n1. The summed E-state index contributed by atoms with van der Waals surface area (Å²) < 4.78 is 23.9. The molecular weight excluding hydrogens is 402 g/mol. The van der Waals surface area contributed by atoms with E-state index < -0.39 is 15.9 Å². The molecule has 0 radical (unpaired) electrons. The van der Waals surface area contributed by atoms with Gasteiger partial charge in [0.05, 0.1) is 16.5 Å². The lowest BCUT2D eigenvalue weighted by atomic mass is 10.2. The smallest absolute Gasteiger partial charge is 0.275 e. The molecule has 0 fully saturated rings. The highest BCUT2D eigenvalue weighted by atomic mass is 35.5. The van der Waals surface area contributed by atoms with E-state index in [4.69, 9.17) is 16.7 Å². The standard InChI is InChI=1S/C18H18ClN5O3S/c1-11-9-12(2)24(23-11)16-8-7-15(19)17(22-16)18(25)21-14-5-3-13(4-6-14)10-28(20,26)27/h3-9H,10H2,1-2H3,(H,21,25)(H2,20,26,27). The van der Waals surface area contributed by atoms with Crippen LogP contribution in [0.15, 0.2) is 42.5 Å². The Morgan fingerprint density at radius 2 is 1.86 bits per heavy atom. The van der Waals surface area contributed by atoms with Crippen molar-refractivity contribution in [2.24, 2.45) is 5.14 Å². The Bertz CT molecular complexity index is 1140. The zero-order chi connectivity index (χ0) is 20.5. The van der Waals surface area contributed by atoms with Crippen molar-refractivity contribution in [3.8, 4) is 5.82 Å². The minimum Gasteiger partial charge on any atom is -0.321 e. The Morgan fingerprint density at radius 1 is 1.18 bits per heavy atom. The van der Waals surface area contributed by atoms with E-state index in [1.54, 1.807) is 41.1 Å². The van der Waals surface area contributed by atoms with Crippen LogP contribution in [-0.2, 0) is 15.8 Å².